The van der Waals surface area contributed by atoms with Crippen LogP contribution in [0.2, 0.25) is 0 Å². The smallest absolute Gasteiger partial charge is 0.322 e. The minimum absolute atomic E-state index is 0.0566. The van der Waals surface area contributed by atoms with Gasteiger partial charge >= 0.3 is 5.97 Å². The highest BCUT2D eigenvalue weighted by molar-refractivity contribution is 5.74. The molecule has 1 aromatic carbocycles. The van der Waals surface area contributed by atoms with Gasteiger partial charge in [0.05, 0.1) is 0 Å². The zero-order valence-electron chi connectivity index (χ0n) is 11.0. The van der Waals surface area contributed by atoms with Crippen molar-refractivity contribution < 1.29 is 14.3 Å². The molecule has 5 heteroatoms. The Balaban J connectivity index is 2.26. The van der Waals surface area contributed by atoms with Crippen LogP contribution in [0.4, 0.5) is 4.39 Å². The first-order chi connectivity index (χ1) is 9.13. The van der Waals surface area contributed by atoms with Crippen molar-refractivity contribution in [3.05, 3.63) is 35.6 Å². The average Bonchev–Trinajstić information content (AvgIpc) is 2.40. The Morgan fingerprint density at radius 1 is 1.63 bits per heavy atom. The lowest BCUT2D eigenvalue weighted by Crippen LogP contribution is -2.55. The van der Waals surface area contributed by atoms with Gasteiger partial charge in [0.25, 0.3) is 0 Å². The largest absolute Gasteiger partial charge is 0.480 e. The monoisotopic (exact) mass is 266 g/mol. The maximum Gasteiger partial charge on any atom is 0.322 e. The molecule has 4 nitrogen and oxygen atoms in total. The van der Waals surface area contributed by atoms with Crippen molar-refractivity contribution in [3.8, 4) is 0 Å². The van der Waals surface area contributed by atoms with E-state index in [1.54, 1.807) is 6.07 Å². The first kappa shape index (κ1) is 14.0. The molecule has 0 spiro atoms. The predicted molar refractivity (Wildman–Crippen MR) is 70.4 cm³/mol. The lowest BCUT2D eigenvalue weighted by atomic mass is 9.99. The third-order valence-electron chi connectivity index (χ3n) is 3.59. The minimum Gasteiger partial charge on any atom is -0.480 e. The summed E-state index contributed by atoms with van der Waals surface area (Å²) in [6.45, 7) is 3.85. The van der Waals surface area contributed by atoms with E-state index in [0.29, 0.717) is 13.1 Å². The zero-order valence-corrected chi connectivity index (χ0v) is 11.0. The van der Waals surface area contributed by atoms with Crippen LogP contribution in [-0.4, -0.2) is 41.7 Å². The molecule has 0 bridgehead atoms. The number of nitrogens with zero attached hydrogens (tertiary/aromatic N) is 1. The molecule has 0 aromatic heterocycles. The summed E-state index contributed by atoms with van der Waals surface area (Å²) in [5.74, 6) is -1.11. The summed E-state index contributed by atoms with van der Waals surface area (Å²) in [5.41, 5.74) is 0.843. The highest BCUT2D eigenvalue weighted by atomic mass is 19.1. The van der Waals surface area contributed by atoms with E-state index in [9.17, 15) is 14.3 Å². The quantitative estimate of drug-likeness (QED) is 0.870. The number of halogens is 1. The number of nitrogens with one attached hydrogen (secondary N) is 1. The topological polar surface area (TPSA) is 52.6 Å². The summed E-state index contributed by atoms with van der Waals surface area (Å²) in [7, 11) is 0. The van der Waals surface area contributed by atoms with Crippen LogP contribution in [0.5, 0.6) is 0 Å². The Morgan fingerprint density at radius 2 is 2.42 bits per heavy atom. The first-order valence-corrected chi connectivity index (χ1v) is 6.58. The van der Waals surface area contributed by atoms with Crippen LogP contribution in [0, 0.1) is 5.82 Å². The van der Waals surface area contributed by atoms with Crippen molar-refractivity contribution in [2.75, 3.05) is 19.6 Å². The Hall–Kier alpha value is -1.46. The van der Waals surface area contributed by atoms with E-state index >= 15 is 0 Å². The zero-order chi connectivity index (χ0) is 13.8. The van der Waals surface area contributed by atoms with Gasteiger partial charge in [-0.15, -0.1) is 0 Å². The van der Waals surface area contributed by atoms with E-state index in [1.165, 1.54) is 12.1 Å². The lowest BCUT2D eigenvalue weighted by Gasteiger charge is -2.39. The number of aliphatic carboxylic acids is 1. The van der Waals surface area contributed by atoms with Gasteiger partial charge in [-0.1, -0.05) is 19.1 Å². The fraction of sp³-hybridized carbons (Fsp3) is 0.500. The van der Waals surface area contributed by atoms with Crippen molar-refractivity contribution in [1.29, 1.82) is 0 Å². The van der Waals surface area contributed by atoms with E-state index in [0.717, 1.165) is 18.5 Å². The Bertz CT molecular complexity index is 453. The molecule has 2 unspecified atom stereocenters. The van der Waals surface area contributed by atoms with Crippen LogP contribution in [0.3, 0.4) is 0 Å². The van der Waals surface area contributed by atoms with E-state index < -0.39 is 12.0 Å². The summed E-state index contributed by atoms with van der Waals surface area (Å²) in [6.07, 6.45) is 0.757. The maximum absolute atomic E-state index is 13.3. The summed E-state index contributed by atoms with van der Waals surface area (Å²) < 4.78 is 13.3. The summed E-state index contributed by atoms with van der Waals surface area (Å²) in [6, 6.07) is 5.82. The molecule has 1 aliphatic rings. The molecule has 1 fully saturated rings. The average molecular weight is 266 g/mol. The summed E-state index contributed by atoms with van der Waals surface area (Å²) in [5, 5.41) is 12.4. The minimum atomic E-state index is -0.831. The molecule has 2 rings (SSSR count). The van der Waals surface area contributed by atoms with Crippen LogP contribution >= 0.6 is 0 Å². The Labute approximate surface area is 112 Å². The number of carboxylic acids is 1. The number of hydrogen-bond donors (Lipinski definition) is 2. The van der Waals surface area contributed by atoms with E-state index in [4.69, 9.17) is 0 Å². The third kappa shape index (κ3) is 3.11. The fourth-order valence-corrected chi connectivity index (χ4v) is 2.70. The molecular weight excluding hydrogens is 247 g/mol. The second-order valence-electron chi connectivity index (χ2n) is 4.78. The highest BCUT2D eigenvalue weighted by Crippen LogP contribution is 2.27. The number of carbonyl (C=O) groups is 1. The second-order valence-corrected chi connectivity index (χ2v) is 4.78. The summed E-state index contributed by atoms with van der Waals surface area (Å²) in [4.78, 5) is 13.3. The molecule has 0 amide bonds. The molecule has 2 N–H and O–H groups in total. The predicted octanol–water partition coefficient (Wildman–Crippen LogP) is 1.64. The number of rotatable bonds is 4. The van der Waals surface area contributed by atoms with Crippen molar-refractivity contribution in [1.82, 2.24) is 10.2 Å². The van der Waals surface area contributed by atoms with E-state index in [1.807, 2.05) is 17.9 Å². The molecule has 0 saturated carbocycles. The van der Waals surface area contributed by atoms with Gasteiger partial charge in [-0.25, -0.2) is 4.39 Å². The van der Waals surface area contributed by atoms with E-state index in [-0.39, 0.29) is 11.9 Å². The summed E-state index contributed by atoms with van der Waals surface area (Å²) >= 11 is 0. The molecule has 19 heavy (non-hydrogen) atoms. The van der Waals surface area contributed by atoms with Gasteiger partial charge in [0, 0.05) is 25.7 Å². The molecule has 104 valence electrons. The standard InChI is InChI=1S/C14H19FN2O2/c1-2-12(10-4-3-5-11(15)8-10)17-7-6-16-9-13(17)14(18)19/h3-5,8,12-13,16H,2,6-7,9H2,1H3,(H,18,19). The van der Waals surface area contributed by atoms with Crippen molar-refractivity contribution >= 4 is 5.97 Å². The van der Waals surface area contributed by atoms with Crippen molar-refractivity contribution in [2.24, 2.45) is 0 Å². The SMILES string of the molecule is CCC(c1cccc(F)c1)N1CCNCC1C(=O)O. The van der Waals surface area contributed by atoms with Gasteiger partial charge in [-0.2, -0.15) is 0 Å². The molecular formula is C14H19FN2O2. The van der Waals surface area contributed by atoms with Gasteiger partial charge in [0.2, 0.25) is 0 Å². The van der Waals surface area contributed by atoms with Crippen LogP contribution < -0.4 is 5.32 Å². The third-order valence-corrected chi connectivity index (χ3v) is 3.59. The number of benzene rings is 1. The van der Waals surface area contributed by atoms with Crippen LogP contribution in [0.25, 0.3) is 0 Å². The molecule has 1 saturated heterocycles. The first-order valence-electron chi connectivity index (χ1n) is 6.58. The molecule has 1 aliphatic heterocycles. The Morgan fingerprint density at radius 3 is 3.05 bits per heavy atom. The van der Waals surface area contributed by atoms with Gasteiger partial charge in [0.1, 0.15) is 11.9 Å². The van der Waals surface area contributed by atoms with Crippen LogP contribution in [0.15, 0.2) is 24.3 Å². The fourth-order valence-electron chi connectivity index (χ4n) is 2.70. The second kappa shape index (κ2) is 6.12. The van der Waals surface area contributed by atoms with Gasteiger partial charge in [0.15, 0.2) is 0 Å². The normalized spacial score (nSPS) is 22.1. The number of piperazine rings is 1. The van der Waals surface area contributed by atoms with Crippen LogP contribution in [-0.2, 0) is 4.79 Å². The Kier molecular flexibility index (Phi) is 4.50. The number of hydrogen-bond acceptors (Lipinski definition) is 3. The maximum atomic E-state index is 13.3. The van der Waals surface area contributed by atoms with E-state index in [2.05, 4.69) is 5.32 Å². The number of carboxylic acid groups (broad SMARTS) is 1. The lowest BCUT2D eigenvalue weighted by molar-refractivity contribution is -0.145. The van der Waals surface area contributed by atoms with Gasteiger partial charge in [-0.05, 0) is 24.1 Å². The van der Waals surface area contributed by atoms with Gasteiger partial charge < -0.3 is 10.4 Å². The van der Waals surface area contributed by atoms with Crippen LogP contribution in [0.1, 0.15) is 24.9 Å². The van der Waals surface area contributed by atoms with Crippen molar-refractivity contribution in [2.45, 2.75) is 25.4 Å². The van der Waals surface area contributed by atoms with Gasteiger partial charge in [-0.3, -0.25) is 9.69 Å². The molecule has 1 aromatic rings. The van der Waals surface area contributed by atoms with Crippen molar-refractivity contribution in [3.63, 3.8) is 0 Å². The molecule has 2 atom stereocenters. The highest BCUT2D eigenvalue weighted by Gasteiger charge is 2.33. The molecule has 0 aliphatic carbocycles. The molecule has 1 heterocycles. The molecule has 0 radical (unpaired) electrons.